The lowest BCUT2D eigenvalue weighted by Gasteiger charge is -2.17. The summed E-state index contributed by atoms with van der Waals surface area (Å²) in [4.78, 5) is 19.5. The molecule has 0 unspecified atom stereocenters. The molecular formula is C22H28N4O. The second kappa shape index (κ2) is 9.33. The van der Waals surface area contributed by atoms with Crippen molar-refractivity contribution >= 4 is 11.6 Å². The first-order valence-electron chi connectivity index (χ1n) is 9.76. The Labute approximate surface area is 161 Å². The van der Waals surface area contributed by atoms with E-state index in [2.05, 4.69) is 29.0 Å². The molecule has 0 bridgehead atoms. The molecule has 0 aliphatic heterocycles. The van der Waals surface area contributed by atoms with E-state index in [-0.39, 0.29) is 5.91 Å². The van der Waals surface area contributed by atoms with E-state index in [1.807, 2.05) is 59.3 Å². The third kappa shape index (κ3) is 4.95. The highest BCUT2D eigenvalue weighted by Gasteiger charge is 2.09. The van der Waals surface area contributed by atoms with Gasteiger partial charge in [0.2, 0.25) is 0 Å². The zero-order chi connectivity index (χ0) is 19.1. The lowest BCUT2D eigenvalue weighted by molar-refractivity contribution is 0.0952. The van der Waals surface area contributed by atoms with E-state index in [4.69, 9.17) is 0 Å². The summed E-state index contributed by atoms with van der Waals surface area (Å²) < 4.78 is 1.95. The molecule has 3 rings (SSSR count). The summed E-state index contributed by atoms with van der Waals surface area (Å²) in [6.45, 7) is 8.32. The molecule has 5 heteroatoms. The number of fused-ring (bicyclic) bond motifs is 1. The van der Waals surface area contributed by atoms with Crippen molar-refractivity contribution in [3.05, 3.63) is 60.4 Å². The topological polar surface area (TPSA) is 49.6 Å². The number of amides is 1. The molecular weight excluding hydrogens is 336 g/mol. The number of carbonyl (C=O) groups is 1. The standard InChI is InChI=1S/C22H28N4O/c1-3-25(4-2)14-9-8-13-23-22(27)19-12-15-26-17-20(24-21(26)16-19)18-10-6-5-7-11-18/h5-7,10-12,15-17H,3-4,8-9,13-14H2,1-2H3,(H,23,27). The van der Waals surface area contributed by atoms with Crippen molar-refractivity contribution < 1.29 is 4.79 Å². The number of nitrogens with one attached hydrogen (secondary N) is 1. The van der Waals surface area contributed by atoms with Crippen molar-refractivity contribution in [2.24, 2.45) is 0 Å². The average molecular weight is 364 g/mol. The van der Waals surface area contributed by atoms with Gasteiger partial charge in [0.15, 0.2) is 0 Å². The Morgan fingerprint density at radius 3 is 2.63 bits per heavy atom. The van der Waals surface area contributed by atoms with Gasteiger partial charge in [0, 0.05) is 30.1 Å². The Morgan fingerprint density at radius 2 is 1.89 bits per heavy atom. The molecule has 2 heterocycles. The minimum atomic E-state index is -0.0374. The van der Waals surface area contributed by atoms with Gasteiger partial charge in [0.25, 0.3) is 5.91 Å². The monoisotopic (exact) mass is 364 g/mol. The van der Waals surface area contributed by atoms with E-state index < -0.39 is 0 Å². The number of unbranched alkanes of at least 4 members (excludes halogenated alkanes) is 1. The molecule has 1 N–H and O–H groups in total. The van der Waals surface area contributed by atoms with Crippen LogP contribution in [0.5, 0.6) is 0 Å². The highest BCUT2D eigenvalue weighted by atomic mass is 16.1. The third-order valence-electron chi connectivity index (χ3n) is 4.87. The lowest BCUT2D eigenvalue weighted by atomic mass is 10.2. The van der Waals surface area contributed by atoms with Crippen LogP contribution in [0, 0.1) is 0 Å². The first kappa shape index (κ1) is 19.1. The minimum absolute atomic E-state index is 0.0374. The summed E-state index contributed by atoms with van der Waals surface area (Å²) in [5, 5.41) is 3.02. The van der Waals surface area contributed by atoms with E-state index in [1.54, 1.807) is 0 Å². The van der Waals surface area contributed by atoms with Crippen LogP contribution in [-0.2, 0) is 0 Å². The van der Waals surface area contributed by atoms with Gasteiger partial charge in [0.05, 0.1) is 5.69 Å². The molecule has 0 aliphatic carbocycles. The number of hydrogen-bond donors (Lipinski definition) is 1. The number of benzene rings is 1. The first-order chi connectivity index (χ1) is 13.2. The van der Waals surface area contributed by atoms with Crippen LogP contribution in [0.4, 0.5) is 0 Å². The van der Waals surface area contributed by atoms with Crippen LogP contribution < -0.4 is 5.32 Å². The maximum absolute atomic E-state index is 12.4. The molecule has 0 aliphatic rings. The van der Waals surface area contributed by atoms with Gasteiger partial charge in [-0.15, -0.1) is 0 Å². The molecule has 27 heavy (non-hydrogen) atoms. The smallest absolute Gasteiger partial charge is 0.251 e. The second-order valence-electron chi connectivity index (χ2n) is 6.66. The fourth-order valence-corrected chi connectivity index (χ4v) is 3.18. The zero-order valence-electron chi connectivity index (χ0n) is 16.2. The van der Waals surface area contributed by atoms with Gasteiger partial charge in [-0.2, -0.15) is 0 Å². The van der Waals surface area contributed by atoms with Gasteiger partial charge >= 0.3 is 0 Å². The molecule has 2 aromatic heterocycles. The largest absolute Gasteiger partial charge is 0.352 e. The number of nitrogens with zero attached hydrogens (tertiary/aromatic N) is 3. The Kier molecular flexibility index (Phi) is 6.60. The van der Waals surface area contributed by atoms with Crippen molar-refractivity contribution in [2.75, 3.05) is 26.2 Å². The lowest BCUT2D eigenvalue weighted by Crippen LogP contribution is -2.27. The molecule has 0 spiro atoms. The minimum Gasteiger partial charge on any atom is -0.352 e. The number of hydrogen-bond acceptors (Lipinski definition) is 3. The van der Waals surface area contributed by atoms with Crippen LogP contribution in [0.25, 0.3) is 16.9 Å². The maximum atomic E-state index is 12.4. The molecule has 1 aromatic carbocycles. The van der Waals surface area contributed by atoms with Crippen LogP contribution in [0.3, 0.4) is 0 Å². The predicted molar refractivity (Wildman–Crippen MR) is 110 cm³/mol. The van der Waals surface area contributed by atoms with E-state index in [9.17, 15) is 4.79 Å². The van der Waals surface area contributed by atoms with Crippen LogP contribution in [-0.4, -0.2) is 46.4 Å². The number of pyridine rings is 1. The van der Waals surface area contributed by atoms with Gasteiger partial charge in [-0.05, 0) is 44.6 Å². The first-order valence-corrected chi connectivity index (χ1v) is 9.76. The number of carbonyl (C=O) groups excluding carboxylic acids is 1. The van der Waals surface area contributed by atoms with E-state index in [0.29, 0.717) is 12.1 Å². The van der Waals surface area contributed by atoms with Gasteiger partial charge < -0.3 is 14.6 Å². The fourth-order valence-electron chi connectivity index (χ4n) is 3.18. The second-order valence-corrected chi connectivity index (χ2v) is 6.66. The van der Waals surface area contributed by atoms with Crippen LogP contribution in [0.15, 0.2) is 54.9 Å². The summed E-state index contributed by atoms with van der Waals surface area (Å²) in [5.41, 5.74) is 3.41. The zero-order valence-corrected chi connectivity index (χ0v) is 16.2. The molecule has 3 aromatic rings. The Balaban J connectivity index is 1.57. The Morgan fingerprint density at radius 1 is 1.11 bits per heavy atom. The molecule has 142 valence electrons. The third-order valence-corrected chi connectivity index (χ3v) is 4.87. The SMILES string of the molecule is CCN(CC)CCCCNC(=O)c1ccn2cc(-c3ccccc3)nc2c1. The van der Waals surface area contributed by atoms with Crippen LogP contribution in [0.2, 0.25) is 0 Å². The summed E-state index contributed by atoms with van der Waals surface area (Å²) >= 11 is 0. The van der Waals surface area contributed by atoms with Crippen molar-refractivity contribution in [1.29, 1.82) is 0 Å². The van der Waals surface area contributed by atoms with Crippen LogP contribution in [0.1, 0.15) is 37.0 Å². The number of imidazole rings is 1. The normalized spacial score (nSPS) is 11.2. The number of rotatable bonds is 9. The van der Waals surface area contributed by atoms with E-state index in [1.165, 1.54) is 0 Å². The van der Waals surface area contributed by atoms with Gasteiger partial charge in [-0.3, -0.25) is 4.79 Å². The molecule has 0 saturated carbocycles. The highest BCUT2D eigenvalue weighted by molar-refractivity contribution is 5.95. The van der Waals surface area contributed by atoms with Gasteiger partial charge in [0.1, 0.15) is 5.65 Å². The predicted octanol–water partition coefficient (Wildman–Crippen LogP) is 3.85. The molecule has 1 amide bonds. The van der Waals surface area contributed by atoms with Crippen molar-refractivity contribution in [2.45, 2.75) is 26.7 Å². The van der Waals surface area contributed by atoms with E-state index in [0.717, 1.165) is 49.4 Å². The fraction of sp³-hybridized carbons (Fsp3) is 0.364. The van der Waals surface area contributed by atoms with Crippen molar-refractivity contribution in [3.63, 3.8) is 0 Å². The van der Waals surface area contributed by atoms with E-state index >= 15 is 0 Å². The molecule has 0 fully saturated rings. The summed E-state index contributed by atoms with van der Waals surface area (Å²) in [5.74, 6) is -0.0374. The van der Waals surface area contributed by atoms with Crippen molar-refractivity contribution in [1.82, 2.24) is 19.6 Å². The van der Waals surface area contributed by atoms with Crippen LogP contribution >= 0.6 is 0 Å². The van der Waals surface area contributed by atoms with Gasteiger partial charge in [-0.1, -0.05) is 44.2 Å². The quantitative estimate of drug-likeness (QED) is 0.587. The number of aromatic nitrogens is 2. The molecule has 0 saturated heterocycles. The summed E-state index contributed by atoms with van der Waals surface area (Å²) in [7, 11) is 0. The summed E-state index contributed by atoms with van der Waals surface area (Å²) in [6, 6.07) is 13.7. The van der Waals surface area contributed by atoms with Crippen molar-refractivity contribution in [3.8, 4) is 11.3 Å². The molecule has 0 radical (unpaired) electrons. The maximum Gasteiger partial charge on any atom is 0.251 e. The Hall–Kier alpha value is -2.66. The molecule has 0 atom stereocenters. The molecule has 5 nitrogen and oxygen atoms in total. The highest BCUT2D eigenvalue weighted by Crippen LogP contribution is 2.19. The van der Waals surface area contributed by atoms with Gasteiger partial charge in [-0.25, -0.2) is 4.98 Å². The average Bonchev–Trinajstić information content (AvgIpc) is 3.14. The summed E-state index contributed by atoms with van der Waals surface area (Å²) in [6.07, 6.45) is 5.97. The Bertz CT molecular complexity index is 868.